The van der Waals surface area contributed by atoms with Crippen molar-refractivity contribution in [3.05, 3.63) is 65.2 Å². The molecule has 0 aliphatic carbocycles. The predicted molar refractivity (Wildman–Crippen MR) is 88.9 cm³/mol. The first kappa shape index (κ1) is 16.4. The second-order valence-corrected chi connectivity index (χ2v) is 6.58. The summed E-state index contributed by atoms with van der Waals surface area (Å²) >= 11 is 0. The highest BCUT2D eigenvalue weighted by molar-refractivity contribution is 7.84. The van der Waals surface area contributed by atoms with Gasteiger partial charge in [-0.3, -0.25) is 9.00 Å². The molecule has 0 fully saturated rings. The van der Waals surface area contributed by atoms with Crippen LogP contribution in [0.4, 0.5) is 5.69 Å². The summed E-state index contributed by atoms with van der Waals surface area (Å²) in [5.74, 6) is 0.0405. The maximum atomic E-state index is 12.0. The van der Waals surface area contributed by atoms with E-state index in [2.05, 4.69) is 5.32 Å². The molecule has 5 heteroatoms. The van der Waals surface area contributed by atoms with Crippen LogP contribution >= 0.6 is 0 Å². The highest BCUT2D eigenvalue weighted by Gasteiger charge is 2.09. The van der Waals surface area contributed by atoms with E-state index >= 15 is 0 Å². The SMILES string of the molecule is Cc1cccc(NC(=O)CS(=O)Cc2ccc(CO)cc2)c1. The van der Waals surface area contributed by atoms with Gasteiger partial charge < -0.3 is 10.4 Å². The summed E-state index contributed by atoms with van der Waals surface area (Å²) in [7, 11) is -1.26. The van der Waals surface area contributed by atoms with E-state index in [1.165, 1.54) is 0 Å². The Bertz CT molecular complexity index is 668. The largest absolute Gasteiger partial charge is 0.392 e. The summed E-state index contributed by atoms with van der Waals surface area (Å²) in [6.45, 7) is 1.94. The number of carbonyl (C=O) groups excluding carboxylic acids is 1. The molecule has 0 spiro atoms. The van der Waals surface area contributed by atoms with E-state index in [9.17, 15) is 9.00 Å². The molecule has 0 aliphatic heterocycles. The molecule has 4 nitrogen and oxygen atoms in total. The van der Waals surface area contributed by atoms with Crippen molar-refractivity contribution in [2.24, 2.45) is 0 Å². The first-order chi connectivity index (χ1) is 10.6. The Hall–Kier alpha value is -1.98. The van der Waals surface area contributed by atoms with Crippen molar-refractivity contribution in [3.63, 3.8) is 0 Å². The van der Waals surface area contributed by atoms with E-state index in [1.54, 1.807) is 18.2 Å². The average molecular weight is 317 g/mol. The Morgan fingerprint density at radius 3 is 2.45 bits per heavy atom. The Balaban J connectivity index is 1.86. The molecule has 0 heterocycles. The molecule has 1 atom stereocenters. The number of hydrogen-bond acceptors (Lipinski definition) is 3. The average Bonchev–Trinajstić information content (AvgIpc) is 2.47. The van der Waals surface area contributed by atoms with E-state index < -0.39 is 10.8 Å². The molecule has 0 saturated heterocycles. The highest BCUT2D eigenvalue weighted by Crippen LogP contribution is 2.10. The van der Waals surface area contributed by atoms with E-state index in [0.717, 1.165) is 16.7 Å². The number of rotatable bonds is 6. The van der Waals surface area contributed by atoms with E-state index in [-0.39, 0.29) is 18.3 Å². The second-order valence-electron chi connectivity index (χ2n) is 5.12. The minimum absolute atomic E-state index is 0.0116. The number of nitrogens with one attached hydrogen (secondary N) is 1. The topological polar surface area (TPSA) is 66.4 Å². The third kappa shape index (κ3) is 5.09. The summed E-state index contributed by atoms with van der Waals surface area (Å²) in [6, 6.07) is 14.7. The van der Waals surface area contributed by atoms with Crippen molar-refractivity contribution >= 4 is 22.4 Å². The summed E-state index contributed by atoms with van der Waals surface area (Å²) in [5.41, 5.74) is 3.47. The molecule has 0 bridgehead atoms. The second kappa shape index (κ2) is 7.87. The van der Waals surface area contributed by atoms with Crippen LogP contribution in [-0.4, -0.2) is 21.0 Å². The summed E-state index contributed by atoms with van der Waals surface area (Å²) in [6.07, 6.45) is 0. The zero-order valence-electron chi connectivity index (χ0n) is 12.4. The Morgan fingerprint density at radius 2 is 1.82 bits per heavy atom. The normalized spacial score (nSPS) is 11.9. The van der Waals surface area contributed by atoms with Gasteiger partial charge in [-0.05, 0) is 35.7 Å². The van der Waals surface area contributed by atoms with Crippen molar-refractivity contribution < 1.29 is 14.1 Å². The van der Waals surface area contributed by atoms with Gasteiger partial charge >= 0.3 is 0 Å². The van der Waals surface area contributed by atoms with Crippen LogP contribution < -0.4 is 5.32 Å². The lowest BCUT2D eigenvalue weighted by Crippen LogP contribution is -2.20. The fourth-order valence-corrected chi connectivity index (χ4v) is 3.07. The molecule has 2 aromatic rings. The summed E-state index contributed by atoms with van der Waals surface area (Å²) in [5, 5.41) is 11.7. The van der Waals surface area contributed by atoms with Gasteiger partial charge in [-0.2, -0.15) is 0 Å². The molecule has 0 radical (unpaired) electrons. The first-order valence-electron chi connectivity index (χ1n) is 6.97. The maximum Gasteiger partial charge on any atom is 0.237 e. The number of hydrogen-bond donors (Lipinski definition) is 2. The third-order valence-electron chi connectivity index (χ3n) is 3.13. The van der Waals surface area contributed by atoms with Gasteiger partial charge in [0.25, 0.3) is 0 Å². The van der Waals surface area contributed by atoms with Crippen molar-refractivity contribution in [2.75, 3.05) is 11.1 Å². The van der Waals surface area contributed by atoms with Crippen LogP contribution in [0.15, 0.2) is 48.5 Å². The quantitative estimate of drug-likeness (QED) is 0.859. The van der Waals surface area contributed by atoms with Gasteiger partial charge in [0.05, 0.1) is 6.61 Å². The molecule has 2 rings (SSSR count). The number of aliphatic hydroxyl groups excluding tert-OH is 1. The van der Waals surface area contributed by atoms with Gasteiger partial charge in [0.1, 0.15) is 5.75 Å². The standard InChI is InChI=1S/C17H19NO3S/c1-13-3-2-4-16(9-13)18-17(20)12-22(21)11-15-7-5-14(10-19)6-8-15/h2-9,19H,10-12H2,1H3,(H,18,20). The Morgan fingerprint density at radius 1 is 1.14 bits per heavy atom. The molecular formula is C17H19NO3S. The summed E-state index contributed by atoms with van der Waals surface area (Å²) in [4.78, 5) is 11.9. The van der Waals surface area contributed by atoms with Gasteiger partial charge in [0.15, 0.2) is 0 Å². The van der Waals surface area contributed by atoms with Gasteiger partial charge in [0.2, 0.25) is 5.91 Å². The van der Waals surface area contributed by atoms with Crippen LogP contribution in [0, 0.1) is 6.92 Å². The first-order valence-corrected chi connectivity index (χ1v) is 8.46. The van der Waals surface area contributed by atoms with Crippen molar-refractivity contribution in [1.29, 1.82) is 0 Å². The van der Waals surface area contributed by atoms with Gasteiger partial charge in [0, 0.05) is 22.2 Å². The third-order valence-corrected chi connectivity index (χ3v) is 4.37. The zero-order chi connectivity index (χ0) is 15.9. The molecule has 0 aromatic heterocycles. The van der Waals surface area contributed by atoms with Crippen LogP contribution in [0.1, 0.15) is 16.7 Å². The van der Waals surface area contributed by atoms with Crippen molar-refractivity contribution in [1.82, 2.24) is 0 Å². The fourth-order valence-electron chi connectivity index (χ4n) is 2.04. The molecule has 1 unspecified atom stereocenters. The summed E-state index contributed by atoms with van der Waals surface area (Å²) < 4.78 is 12.0. The van der Waals surface area contributed by atoms with Crippen LogP contribution in [0.3, 0.4) is 0 Å². The van der Waals surface area contributed by atoms with Crippen LogP contribution in [0.25, 0.3) is 0 Å². The van der Waals surface area contributed by atoms with E-state index in [0.29, 0.717) is 11.4 Å². The molecule has 2 aromatic carbocycles. The highest BCUT2D eigenvalue weighted by atomic mass is 32.2. The molecule has 0 aliphatic rings. The number of anilines is 1. The van der Waals surface area contributed by atoms with Crippen LogP contribution in [0.5, 0.6) is 0 Å². The molecular weight excluding hydrogens is 298 g/mol. The molecule has 0 saturated carbocycles. The maximum absolute atomic E-state index is 12.0. The van der Waals surface area contributed by atoms with Crippen LogP contribution in [0.2, 0.25) is 0 Å². The number of benzene rings is 2. The number of amides is 1. The van der Waals surface area contributed by atoms with Crippen molar-refractivity contribution in [2.45, 2.75) is 19.3 Å². The Labute approximate surface area is 132 Å². The van der Waals surface area contributed by atoms with E-state index in [1.807, 2.05) is 37.3 Å². The fraction of sp³-hybridized carbons (Fsp3) is 0.235. The molecule has 2 N–H and O–H groups in total. The minimum atomic E-state index is -1.26. The van der Waals surface area contributed by atoms with Crippen molar-refractivity contribution in [3.8, 4) is 0 Å². The molecule has 116 valence electrons. The van der Waals surface area contributed by atoms with Gasteiger partial charge in [-0.1, -0.05) is 36.4 Å². The number of carbonyl (C=O) groups is 1. The molecule has 1 amide bonds. The number of aliphatic hydroxyl groups is 1. The number of aryl methyl sites for hydroxylation is 1. The van der Waals surface area contributed by atoms with Gasteiger partial charge in [-0.25, -0.2) is 0 Å². The van der Waals surface area contributed by atoms with Gasteiger partial charge in [-0.15, -0.1) is 0 Å². The van der Waals surface area contributed by atoms with E-state index in [4.69, 9.17) is 5.11 Å². The lowest BCUT2D eigenvalue weighted by atomic mass is 10.2. The minimum Gasteiger partial charge on any atom is -0.392 e. The monoisotopic (exact) mass is 317 g/mol. The molecule has 22 heavy (non-hydrogen) atoms. The smallest absolute Gasteiger partial charge is 0.237 e. The predicted octanol–water partition coefficient (Wildman–Crippen LogP) is 2.37. The lowest BCUT2D eigenvalue weighted by Gasteiger charge is -2.06. The lowest BCUT2D eigenvalue weighted by molar-refractivity contribution is -0.113. The Kier molecular flexibility index (Phi) is 5.86. The van der Waals surface area contributed by atoms with Crippen LogP contribution in [-0.2, 0) is 28.0 Å². The zero-order valence-corrected chi connectivity index (χ0v) is 13.2.